The zero-order valence-electron chi connectivity index (χ0n) is 7.82. The lowest BCUT2D eigenvalue weighted by Gasteiger charge is -1.96. The summed E-state index contributed by atoms with van der Waals surface area (Å²) in [5, 5.41) is 0.988. The van der Waals surface area contributed by atoms with E-state index in [1.807, 2.05) is 12.1 Å². The van der Waals surface area contributed by atoms with Crippen molar-refractivity contribution in [3.8, 4) is 22.9 Å². The summed E-state index contributed by atoms with van der Waals surface area (Å²) >= 11 is 1.55. The van der Waals surface area contributed by atoms with Crippen LogP contribution in [0.1, 0.15) is 10.4 Å². The number of hydrogen-bond donors (Lipinski definition) is 0. The van der Waals surface area contributed by atoms with E-state index in [4.69, 9.17) is 6.42 Å². The Morgan fingerprint density at radius 3 is 2.93 bits per heavy atom. The van der Waals surface area contributed by atoms with E-state index in [1.165, 1.54) is 5.56 Å². The van der Waals surface area contributed by atoms with Gasteiger partial charge in [-0.2, -0.15) is 0 Å². The molecule has 2 heteroatoms. The summed E-state index contributed by atoms with van der Waals surface area (Å²) in [6, 6.07) is 8.26. The van der Waals surface area contributed by atoms with Gasteiger partial charge in [0.05, 0.1) is 11.1 Å². The van der Waals surface area contributed by atoms with E-state index in [2.05, 4.69) is 30.0 Å². The number of rotatable bonds is 1. The summed E-state index contributed by atoms with van der Waals surface area (Å²) in [6.07, 6.45) is 7.03. The lowest BCUT2D eigenvalue weighted by molar-refractivity contribution is 1.39. The third kappa shape index (κ3) is 1.68. The molecule has 1 aromatic carbocycles. The molecule has 0 fully saturated rings. The number of nitrogens with zero attached hydrogens (tertiary/aromatic N) is 1. The highest BCUT2D eigenvalue weighted by molar-refractivity contribution is 7.15. The molecule has 0 aliphatic rings. The number of hydrogen-bond acceptors (Lipinski definition) is 2. The van der Waals surface area contributed by atoms with Crippen molar-refractivity contribution in [1.29, 1.82) is 0 Å². The molecule has 0 saturated carbocycles. The van der Waals surface area contributed by atoms with Gasteiger partial charge in [-0.25, -0.2) is 4.98 Å². The second-order valence-corrected chi connectivity index (χ2v) is 4.07. The second-order valence-electron chi connectivity index (χ2n) is 3.04. The Bertz CT molecular complexity index is 491. The van der Waals surface area contributed by atoms with Crippen molar-refractivity contribution in [3.63, 3.8) is 0 Å². The molecule has 1 heterocycles. The Labute approximate surface area is 87.4 Å². The van der Waals surface area contributed by atoms with Gasteiger partial charge >= 0.3 is 0 Å². The first-order chi connectivity index (χ1) is 6.79. The zero-order chi connectivity index (χ0) is 9.97. The molecule has 0 aliphatic carbocycles. The van der Waals surface area contributed by atoms with Gasteiger partial charge in [-0.05, 0) is 13.0 Å². The van der Waals surface area contributed by atoms with Crippen molar-refractivity contribution < 1.29 is 0 Å². The van der Waals surface area contributed by atoms with Gasteiger partial charge in [0.2, 0.25) is 0 Å². The summed E-state index contributed by atoms with van der Waals surface area (Å²) in [4.78, 5) is 5.15. The van der Waals surface area contributed by atoms with Crippen LogP contribution in [0.25, 0.3) is 10.6 Å². The molecule has 2 aromatic rings. The highest BCUT2D eigenvalue weighted by atomic mass is 32.1. The van der Waals surface area contributed by atoms with Gasteiger partial charge in [0.1, 0.15) is 5.01 Å². The van der Waals surface area contributed by atoms with Crippen molar-refractivity contribution in [1.82, 2.24) is 4.98 Å². The molecule has 0 unspecified atom stereocenters. The fourth-order valence-corrected chi connectivity index (χ4v) is 1.98. The van der Waals surface area contributed by atoms with Crippen LogP contribution in [-0.4, -0.2) is 4.98 Å². The van der Waals surface area contributed by atoms with Crippen molar-refractivity contribution in [2.24, 2.45) is 0 Å². The third-order valence-corrected chi connectivity index (χ3v) is 2.89. The summed E-state index contributed by atoms with van der Waals surface area (Å²) in [6.45, 7) is 2.07. The first kappa shape index (κ1) is 8.98. The fraction of sp³-hybridized carbons (Fsp3) is 0.0833. The Hall–Kier alpha value is -1.59. The number of aryl methyl sites for hydroxylation is 1. The minimum absolute atomic E-state index is 0.876. The molecule has 68 valence electrons. The van der Waals surface area contributed by atoms with Crippen molar-refractivity contribution in [2.75, 3.05) is 0 Å². The van der Waals surface area contributed by atoms with Crippen LogP contribution in [0.15, 0.2) is 30.5 Å². The molecule has 1 nitrogen and oxygen atoms in total. The predicted octanol–water partition coefficient (Wildman–Crippen LogP) is 3.10. The average molecular weight is 199 g/mol. The molecule has 0 N–H and O–H groups in total. The molecular weight excluding hydrogens is 190 g/mol. The Balaban J connectivity index is 2.45. The van der Waals surface area contributed by atoms with Crippen LogP contribution in [-0.2, 0) is 0 Å². The van der Waals surface area contributed by atoms with E-state index in [1.54, 1.807) is 17.5 Å². The van der Waals surface area contributed by atoms with Crippen LogP contribution in [0.3, 0.4) is 0 Å². The summed E-state index contributed by atoms with van der Waals surface area (Å²) in [7, 11) is 0. The molecule has 0 spiro atoms. The maximum atomic E-state index is 5.29. The number of terminal acetylenes is 1. The molecule has 1 aromatic heterocycles. The Kier molecular flexibility index (Phi) is 2.34. The molecule has 14 heavy (non-hydrogen) atoms. The minimum atomic E-state index is 0.876. The highest BCUT2D eigenvalue weighted by Gasteiger charge is 2.02. The Morgan fingerprint density at radius 2 is 2.29 bits per heavy atom. The normalized spacial score (nSPS) is 9.71. The predicted molar refractivity (Wildman–Crippen MR) is 60.2 cm³/mol. The molecule has 0 saturated heterocycles. The smallest absolute Gasteiger partial charge is 0.124 e. The quantitative estimate of drug-likeness (QED) is 0.643. The van der Waals surface area contributed by atoms with Gasteiger partial charge in [-0.3, -0.25) is 0 Å². The number of thiazole rings is 1. The van der Waals surface area contributed by atoms with Crippen LogP contribution in [0.4, 0.5) is 0 Å². The largest absolute Gasteiger partial charge is 0.243 e. The molecular formula is C12H9NS. The lowest BCUT2D eigenvalue weighted by Crippen LogP contribution is -1.76. The molecule has 0 radical (unpaired) electrons. The first-order valence-electron chi connectivity index (χ1n) is 4.29. The van der Waals surface area contributed by atoms with Gasteiger partial charge in [0.15, 0.2) is 0 Å². The number of aromatic nitrogens is 1. The van der Waals surface area contributed by atoms with Crippen LogP contribution >= 0.6 is 11.3 Å². The summed E-state index contributed by atoms with van der Waals surface area (Å²) in [5.74, 6) is 2.59. The van der Waals surface area contributed by atoms with E-state index in [0.717, 1.165) is 15.4 Å². The van der Waals surface area contributed by atoms with E-state index in [-0.39, 0.29) is 0 Å². The monoisotopic (exact) mass is 199 g/mol. The first-order valence-corrected chi connectivity index (χ1v) is 5.11. The van der Waals surface area contributed by atoms with Gasteiger partial charge in [-0.1, -0.05) is 29.7 Å². The maximum absolute atomic E-state index is 5.29. The number of benzene rings is 1. The summed E-state index contributed by atoms with van der Waals surface area (Å²) < 4.78 is 0. The van der Waals surface area contributed by atoms with Crippen LogP contribution in [0, 0.1) is 19.3 Å². The average Bonchev–Trinajstić information content (AvgIpc) is 2.66. The van der Waals surface area contributed by atoms with Gasteiger partial charge in [0, 0.05) is 5.56 Å². The van der Waals surface area contributed by atoms with Gasteiger partial charge < -0.3 is 0 Å². The third-order valence-electron chi connectivity index (χ3n) is 1.91. The molecule has 0 bridgehead atoms. The maximum Gasteiger partial charge on any atom is 0.124 e. The Morgan fingerprint density at radius 1 is 1.43 bits per heavy atom. The SMILES string of the molecule is C#Cc1cnc(-c2cccc(C)c2)s1. The van der Waals surface area contributed by atoms with Crippen LogP contribution in [0.2, 0.25) is 0 Å². The van der Waals surface area contributed by atoms with Gasteiger partial charge in [-0.15, -0.1) is 17.8 Å². The van der Waals surface area contributed by atoms with Crippen molar-refractivity contribution in [2.45, 2.75) is 6.92 Å². The van der Waals surface area contributed by atoms with Crippen molar-refractivity contribution >= 4 is 11.3 Å². The van der Waals surface area contributed by atoms with E-state index >= 15 is 0 Å². The highest BCUT2D eigenvalue weighted by Crippen LogP contribution is 2.24. The van der Waals surface area contributed by atoms with Gasteiger partial charge in [0.25, 0.3) is 0 Å². The van der Waals surface area contributed by atoms with E-state index in [9.17, 15) is 0 Å². The van der Waals surface area contributed by atoms with Crippen LogP contribution in [0.5, 0.6) is 0 Å². The molecule has 0 atom stereocenters. The topological polar surface area (TPSA) is 12.9 Å². The minimum Gasteiger partial charge on any atom is -0.243 e. The fourth-order valence-electron chi connectivity index (χ4n) is 1.25. The second kappa shape index (κ2) is 3.65. The zero-order valence-corrected chi connectivity index (χ0v) is 8.64. The van der Waals surface area contributed by atoms with E-state index in [0.29, 0.717) is 0 Å². The lowest BCUT2D eigenvalue weighted by atomic mass is 10.1. The van der Waals surface area contributed by atoms with E-state index < -0.39 is 0 Å². The molecule has 0 amide bonds. The van der Waals surface area contributed by atoms with Crippen LogP contribution < -0.4 is 0 Å². The van der Waals surface area contributed by atoms with Crippen molar-refractivity contribution in [3.05, 3.63) is 40.9 Å². The standard InChI is InChI=1S/C12H9NS/c1-3-11-8-13-12(14-11)10-6-4-5-9(2)7-10/h1,4-8H,2H3. The molecule has 2 rings (SSSR count). The molecule has 0 aliphatic heterocycles. The summed E-state index contributed by atoms with van der Waals surface area (Å²) in [5.41, 5.74) is 2.37.